The Morgan fingerprint density at radius 1 is 1.03 bits per heavy atom. The maximum absolute atomic E-state index is 13.3. The van der Waals surface area contributed by atoms with Crippen molar-refractivity contribution in [1.29, 1.82) is 0 Å². The van der Waals surface area contributed by atoms with Crippen LogP contribution in [-0.4, -0.2) is 76.3 Å². The number of piperazine rings is 1. The molecule has 10 nitrogen and oxygen atoms in total. The summed E-state index contributed by atoms with van der Waals surface area (Å²) < 4.78 is 3.23. The van der Waals surface area contributed by atoms with E-state index in [1.807, 2.05) is 51.2 Å². The molecule has 1 aliphatic rings. The van der Waals surface area contributed by atoms with Crippen LogP contribution in [0.25, 0.3) is 17.1 Å². The lowest BCUT2D eigenvalue weighted by atomic mass is 9.98. The normalized spacial score (nSPS) is 15.2. The van der Waals surface area contributed by atoms with Gasteiger partial charge in [-0.3, -0.25) is 14.3 Å². The number of rotatable bonds is 4. The van der Waals surface area contributed by atoms with Gasteiger partial charge in [0, 0.05) is 37.9 Å². The third-order valence-corrected chi connectivity index (χ3v) is 6.48. The predicted octanol–water partition coefficient (Wildman–Crippen LogP) is 3.09. The summed E-state index contributed by atoms with van der Waals surface area (Å²) in [6.07, 6.45) is 3.18. The number of nitrogens with zero attached hydrogens (tertiary/aromatic N) is 8. The fraction of sp³-hybridized carbons (Fsp3) is 0.280. The molecular weight excluding hydrogens is 480 g/mol. The van der Waals surface area contributed by atoms with E-state index in [1.165, 1.54) is 11.0 Å². The second kappa shape index (κ2) is 9.19. The lowest BCUT2D eigenvalue weighted by molar-refractivity contribution is 0.0158. The summed E-state index contributed by atoms with van der Waals surface area (Å²) in [5, 5.41) is 9.11. The number of hydrogen-bond acceptors (Lipinski definition) is 6. The average molecular weight is 505 g/mol. The molecule has 0 radical (unpaired) electrons. The van der Waals surface area contributed by atoms with Crippen LogP contribution in [-0.2, 0) is 7.05 Å². The van der Waals surface area contributed by atoms with E-state index in [0.29, 0.717) is 41.7 Å². The second-order valence-electron chi connectivity index (χ2n) is 9.24. The maximum Gasteiger partial charge on any atom is 0.294 e. The Bertz CT molecular complexity index is 1440. The fourth-order valence-electron chi connectivity index (χ4n) is 4.41. The minimum absolute atomic E-state index is 0.0911. The summed E-state index contributed by atoms with van der Waals surface area (Å²) in [4.78, 5) is 38.9. The number of halogens is 1. The van der Waals surface area contributed by atoms with Gasteiger partial charge >= 0.3 is 0 Å². The molecule has 0 spiro atoms. The van der Waals surface area contributed by atoms with Gasteiger partial charge in [-0.15, -0.1) is 5.10 Å². The molecular formula is C25H25ClN8O2. The molecule has 1 aliphatic heterocycles. The van der Waals surface area contributed by atoms with Gasteiger partial charge < -0.3 is 9.80 Å². The van der Waals surface area contributed by atoms with E-state index in [9.17, 15) is 9.59 Å². The Morgan fingerprint density at radius 3 is 2.56 bits per heavy atom. The molecule has 1 fully saturated rings. The van der Waals surface area contributed by atoms with E-state index in [4.69, 9.17) is 11.6 Å². The SMILES string of the molecule is Cn1nccc1-c1cccc(C(=O)N2CCN(C(=O)c3ncn(-c4cccc(Cl)c4)n3)C(C)(C)C2)n1. The van der Waals surface area contributed by atoms with Crippen LogP contribution in [0, 0.1) is 0 Å². The summed E-state index contributed by atoms with van der Waals surface area (Å²) >= 11 is 6.07. The number of aryl methyl sites for hydroxylation is 1. The second-order valence-corrected chi connectivity index (χ2v) is 9.67. The number of hydrogen-bond donors (Lipinski definition) is 0. The first-order valence-corrected chi connectivity index (χ1v) is 11.8. The topological polar surface area (TPSA) is 102 Å². The Morgan fingerprint density at radius 2 is 1.83 bits per heavy atom. The zero-order chi connectivity index (χ0) is 25.4. The monoisotopic (exact) mass is 504 g/mol. The molecule has 2 amide bonds. The van der Waals surface area contributed by atoms with E-state index in [1.54, 1.807) is 38.9 Å². The molecule has 0 atom stereocenters. The van der Waals surface area contributed by atoms with Crippen molar-refractivity contribution in [2.45, 2.75) is 19.4 Å². The molecule has 0 unspecified atom stereocenters. The molecule has 1 aromatic carbocycles. The van der Waals surface area contributed by atoms with Crippen LogP contribution in [0.4, 0.5) is 0 Å². The first-order valence-electron chi connectivity index (χ1n) is 11.5. The third-order valence-electron chi connectivity index (χ3n) is 6.24. The van der Waals surface area contributed by atoms with Crippen molar-refractivity contribution in [1.82, 2.24) is 39.3 Å². The number of amides is 2. The highest BCUT2D eigenvalue weighted by atomic mass is 35.5. The number of aromatic nitrogens is 6. The van der Waals surface area contributed by atoms with Crippen LogP contribution in [0.5, 0.6) is 0 Å². The summed E-state index contributed by atoms with van der Waals surface area (Å²) in [5.74, 6) is -0.375. The van der Waals surface area contributed by atoms with Crippen LogP contribution < -0.4 is 0 Å². The smallest absolute Gasteiger partial charge is 0.294 e. The molecule has 0 saturated carbocycles. The van der Waals surface area contributed by atoms with Crippen LogP contribution in [0.1, 0.15) is 35.0 Å². The molecule has 11 heteroatoms. The van der Waals surface area contributed by atoms with E-state index < -0.39 is 5.54 Å². The highest BCUT2D eigenvalue weighted by Crippen LogP contribution is 2.25. The minimum atomic E-state index is -0.633. The maximum atomic E-state index is 13.3. The van der Waals surface area contributed by atoms with Gasteiger partial charge in [-0.2, -0.15) is 5.10 Å². The Hall–Kier alpha value is -4.05. The predicted molar refractivity (Wildman–Crippen MR) is 134 cm³/mol. The van der Waals surface area contributed by atoms with Crippen LogP contribution >= 0.6 is 11.6 Å². The molecule has 5 rings (SSSR count). The first-order chi connectivity index (χ1) is 17.2. The zero-order valence-corrected chi connectivity index (χ0v) is 20.9. The Balaban J connectivity index is 1.31. The highest BCUT2D eigenvalue weighted by molar-refractivity contribution is 6.30. The van der Waals surface area contributed by atoms with Crippen molar-refractivity contribution in [2.75, 3.05) is 19.6 Å². The summed E-state index contributed by atoms with van der Waals surface area (Å²) in [5.41, 5.74) is 1.93. The average Bonchev–Trinajstić information content (AvgIpc) is 3.52. The van der Waals surface area contributed by atoms with Crippen molar-refractivity contribution < 1.29 is 9.59 Å². The summed E-state index contributed by atoms with van der Waals surface area (Å²) in [6, 6.07) is 14.4. The van der Waals surface area contributed by atoms with E-state index in [-0.39, 0.29) is 17.6 Å². The Kier molecular flexibility index (Phi) is 6.05. The standard InChI is InChI=1S/C25H25ClN8O2/c1-25(2)15-32(23(35)20-9-5-8-19(29-20)21-10-11-28-31(21)3)12-13-33(25)24(36)22-27-16-34(30-22)18-7-4-6-17(26)14-18/h4-11,14,16H,12-13,15H2,1-3H3. The number of pyridine rings is 1. The molecule has 3 aromatic heterocycles. The Labute approximate surface area is 213 Å². The molecule has 0 bridgehead atoms. The van der Waals surface area contributed by atoms with Gasteiger partial charge in [0.25, 0.3) is 11.8 Å². The van der Waals surface area contributed by atoms with Crippen LogP contribution in [0.3, 0.4) is 0 Å². The molecule has 184 valence electrons. The van der Waals surface area contributed by atoms with Crippen molar-refractivity contribution in [2.24, 2.45) is 7.05 Å². The largest absolute Gasteiger partial charge is 0.333 e. The molecule has 0 aliphatic carbocycles. The quantitative estimate of drug-likeness (QED) is 0.423. The lowest BCUT2D eigenvalue weighted by Gasteiger charge is -2.46. The van der Waals surface area contributed by atoms with Crippen molar-refractivity contribution in [3.05, 3.63) is 77.6 Å². The summed E-state index contributed by atoms with van der Waals surface area (Å²) in [6.45, 7) is 4.94. The van der Waals surface area contributed by atoms with Crippen LogP contribution in [0.2, 0.25) is 5.02 Å². The fourth-order valence-corrected chi connectivity index (χ4v) is 4.60. The lowest BCUT2D eigenvalue weighted by Crippen LogP contribution is -2.62. The molecule has 4 aromatic rings. The van der Waals surface area contributed by atoms with Crippen molar-refractivity contribution >= 4 is 23.4 Å². The van der Waals surface area contributed by atoms with Gasteiger partial charge in [0.05, 0.1) is 22.6 Å². The third kappa shape index (κ3) is 4.47. The van der Waals surface area contributed by atoms with Gasteiger partial charge in [0.1, 0.15) is 12.0 Å². The van der Waals surface area contributed by atoms with Gasteiger partial charge in [-0.05, 0) is 50.2 Å². The number of carbonyl (C=O) groups is 2. The van der Waals surface area contributed by atoms with Crippen LogP contribution in [0.15, 0.2) is 61.1 Å². The molecule has 1 saturated heterocycles. The molecule has 36 heavy (non-hydrogen) atoms. The van der Waals surface area contributed by atoms with Gasteiger partial charge in [0.15, 0.2) is 0 Å². The van der Waals surface area contributed by atoms with Crippen molar-refractivity contribution in [3.8, 4) is 17.1 Å². The van der Waals surface area contributed by atoms with Crippen molar-refractivity contribution in [3.63, 3.8) is 0 Å². The van der Waals surface area contributed by atoms with Gasteiger partial charge in [-0.25, -0.2) is 14.6 Å². The minimum Gasteiger partial charge on any atom is -0.333 e. The van der Waals surface area contributed by atoms with Gasteiger partial charge in [-0.1, -0.05) is 23.7 Å². The van der Waals surface area contributed by atoms with Gasteiger partial charge in [0.2, 0.25) is 5.82 Å². The van der Waals surface area contributed by atoms with E-state index in [2.05, 4.69) is 20.2 Å². The van der Waals surface area contributed by atoms with E-state index >= 15 is 0 Å². The number of carbonyl (C=O) groups excluding carboxylic acids is 2. The number of benzene rings is 1. The highest BCUT2D eigenvalue weighted by Gasteiger charge is 2.40. The van der Waals surface area contributed by atoms with E-state index in [0.717, 1.165) is 5.69 Å². The summed E-state index contributed by atoms with van der Waals surface area (Å²) in [7, 11) is 1.83. The molecule has 4 heterocycles. The molecule has 0 N–H and O–H groups in total. The zero-order valence-electron chi connectivity index (χ0n) is 20.2. The first kappa shape index (κ1) is 23.7.